The molecule has 761 valence electrons. The number of benzene rings is 12. The van der Waals surface area contributed by atoms with E-state index in [0.717, 1.165) is 185 Å². The first-order valence-corrected chi connectivity index (χ1v) is 51.4. The van der Waals surface area contributed by atoms with Gasteiger partial charge in [0, 0.05) is 66.6 Å². The molecular weight excluding hydrogens is 2990 g/mol. The van der Waals surface area contributed by atoms with Gasteiger partial charge in [-0.25, -0.2) is 0 Å². The van der Waals surface area contributed by atoms with E-state index in [9.17, 15) is 76.7 Å². The molecule has 149 heavy (non-hydrogen) atoms. The fourth-order valence-corrected chi connectivity index (χ4v) is 14.9. The third kappa shape index (κ3) is 33.0. The van der Waals surface area contributed by atoms with Gasteiger partial charge in [0.1, 0.15) is 33.7 Å². The quantitative estimate of drug-likeness (QED) is 0.0290. The minimum atomic E-state index is -10.7. The van der Waals surface area contributed by atoms with Crippen LogP contribution in [0.3, 0.4) is 0 Å². The summed E-state index contributed by atoms with van der Waals surface area (Å²) < 4.78 is 220. The average molecular weight is 3060 g/mol. The summed E-state index contributed by atoms with van der Waals surface area (Å²) in [4.78, 5) is 30.1. The van der Waals surface area contributed by atoms with E-state index >= 15 is 0 Å². The Balaban J connectivity index is 0.000000176. The van der Waals surface area contributed by atoms with Gasteiger partial charge in [0.25, 0.3) is 0 Å². The molecule has 0 aliphatic rings. The Bertz CT molecular complexity index is 7860. The van der Waals surface area contributed by atoms with Crippen LogP contribution in [0.2, 0.25) is 0 Å². The standard InChI is InChI=1S/4C21H12NO.2C9H7F3N4.CHI3.CH2I.2F6P.HI.2Ir.K.V/c4*1-3-10-18-14(6-1)12-13-19(22-18)17-9-5-8-16-15-7-2-4-11-20(15)23-21(16)17;2*1-16-7(6-4-2-3-5-13-6)14-15-8(16)9(10,11)12;2-1(3)4;1-2;2*1-7(2,3,4,5)6;;;;;/h4*1-8,10-13H;2*2-5H,1H3;1H;1H2;;;1H;;;;/q4*-1;;;;3*-1;;2*+3;+1;/p-1. The zero-order valence-corrected chi connectivity index (χ0v) is 98.2. The zero-order chi connectivity index (χ0) is 103. The van der Waals surface area contributed by atoms with Crippen molar-refractivity contribution in [2.75, 3.05) is 0 Å². The van der Waals surface area contributed by atoms with Gasteiger partial charge in [-0.15, -0.1) is 93.2 Å². The van der Waals surface area contributed by atoms with Gasteiger partial charge >= 0.3 is 170 Å². The van der Waals surface area contributed by atoms with Crippen LogP contribution in [-0.2, 0) is 85.2 Å². The molecule has 24 rings (SSSR count). The Morgan fingerprint density at radius 1 is 0.309 bits per heavy atom. The second-order valence-corrected chi connectivity index (χ2v) is 45.5. The second kappa shape index (κ2) is 49.9. The Kier molecular flexibility index (Phi) is 40.8. The van der Waals surface area contributed by atoms with Gasteiger partial charge in [-0.1, -0.05) is 318 Å². The van der Waals surface area contributed by atoms with E-state index in [0.29, 0.717) is 11.4 Å². The van der Waals surface area contributed by atoms with Gasteiger partial charge in [0.2, 0.25) is 11.6 Å². The average Bonchev–Trinajstić information content (AvgIpc) is 1.59. The molecule has 0 spiro atoms. The van der Waals surface area contributed by atoms with E-state index in [1.54, 1.807) is 36.4 Å². The molecule has 0 N–H and O–H groups in total. The molecule has 0 aliphatic heterocycles. The molecule has 24 aromatic rings. The molecular formula is C104H65F18I5Ir2KN12O4P2V-. The maximum atomic E-state index is 12.4. The van der Waals surface area contributed by atoms with E-state index in [1.807, 2.05) is 241 Å². The van der Waals surface area contributed by atoms with E-state index in [1.165, 1.54) is 26.5 Å². The number of nitrogens with zero attached hydrogens (tertiary/aromatic N) is 12. The van der Waals surface area contributed by atoms with Gasteiger partial charge in [-0.3, -0.25) is 34.8 Å². The van der Waals surface area contributed by atoms with Crippen molar-refractivity contribution in [3.8, 4) is 68.1 Å². The normalized spacial score (nSPS) is 12.1. The molecule has 0 unspecified atom stereocenters. The Morgan fingerprint density at radius 3 is 0.725 bits per heavy atom. The molecule has 12 aromatic heterocycles. The predicted octanol–water partition coefficient (Wildman–Crippen LogP) is 28.8. The summed E-state index contributed by atoms with van der Waals surface area (Å²) in [6.07, 6.45) is -6.04. The fourth-order valence-electron chi connectivity index (χ4n) is 14.9. The van der Waals surface area contributed by atoms with Crippen LogP contribution in [-0.4, -0.2) is 40.0 Å². The number of fused-ring (bicyclic) bond motifs is 16. The second-order valence-electron chi connectivity index (χ2n) is 30.7. The number of hydrogen-bond donors (Lipinski definition) is 0. The Labute approximate surface area is 988 Å². The number of hydrogen-bond acceptors (Lipinski definition) is 12. The van der Waals surface area contributed by atoms with E-state index in [2.05, 4.69) is 200 Å². The van der Waals surface area contributed by atoms with Crippen molar-refractivity contribution in [1.82, 2.24) is 50.3 Å². The third-order valence-electron chi connectivity index (χ3n) is 20.8. The van der Waals surface area contributed by atoms with Crippen LogP contribution in [0.5, 0.6) is 0 Å². The summed E-state index contributed by atoms with van der Waals surface area (Å²) in [6.45, 7) is 0. The SMILES string of the molecule is C[n+]1c(C(F)(F)F)n[n-]c1-c1ccccn1.C[n+]1c(C(F)(F)F)n[n-]c1-c1ccccn1.F[P-](F)(F)(F)(F)F.F[P-](F)(F)(F)(F)F.IC(I)I.[CH2-]I.[I-].[Ir+3].[Ir+3].[K+].[V].[c-]1ccc2c(oc3ccccc32)c1-c1ccc2ccccc2n1.[c-]1ccc2c(oc3ccccc32)c1-c1ccc2ccccc2n1.[c-]1ccc2c(oc3ccccc32)c1-c1ccc2ccccc2n1.[c-]1ccc2c(oc3ccccc32)c1-c1ccc2ccccc2n1. The molecule has 0 atom stereocenters. The number of aromatic nitrogens is 12. The van der Waals surface area contributed by atoms with Gasteiger partial charge in [-0.05, 0) is 117 Å². The van der Waals surface area contributed by atoms with E-state index in [-0.39, 0.29) is 146 Å². The van der Waals surface area contributed by atoms with Crippen LogP contribution in [0.15, 0.2) is 358 Å². The van der Waals surface area contributed by atoms with Gasteiger partial charge < -0.3 is 73.4 Å². The molecule has 16 nitrogen and oxygen atoms in total. The van der Waals surface area contributed by atoms with E-state index < -0.39 is 39.6 Å². The summed E-state index contributed by atoms with van der Waals surface area (Å²) in [5, 5.41) is 26.6. The van der Waals surface area contributed by atoms with Crippen molar-refractivity contribution in [2.45, 2.75) is 12.3 Å². The van der Waals surface area contributed by atoms with Crippen LogP contribution < -0.4 is 94.7 Å². The maximum absolute atomic E-state index is 12.4. The molecule has 12 heterocycles. The topological polar surface area (TPSA) is 192 Å². The first-order valence-electron chi connectivity index (χ1n) is 42.0. The molecule has 1 radical (unpaired) electrons. The Hall–Kier alpha value is -9.17. The molecule has 0 amide bonds. The summed E-state index contributed by atoms with van der Waals surface area (Å²) in [7, 11) is -18.8. The fraction of sp³-hybridized carbons (Fsp3) is 0.0481. The van der Waals surface area contributed by atoms with Crippen molar-refractivity contribution in [1.29, 1.82) is 0 Å². The number of alkyl halides is 9. The van der Waals surface area contributed by atoms with Crippen LogP contribution in [0.4, 0.5) is 76.7 Å². The molecule has 0 fully saturated rings. The summed E-state index contributed by atoms with van der Waals surface area (Å²) >= 11 is 8.85. The van der Waals surface area contributed by atoms with E-state index in [4.69, 9.17) is 37.6 Å². The summed E-state index contributed by atoms with van der Waals surface area (Å²) in [5.41, 5.74) is 18.7. The summed E-state index contributed by atoms with van der Waals surface area (Å²) in [5.74, 6) is -1.89. The van der Waals surface area contributed by atoms with Crippen molar-refractivity contribution < 1.29 is 238 Å². The number of halogens is 23. The van der Waals surface area contributed by atoms with Crippen LogP contribution >= 0.6 is 106 Å². The number of pyridine rings is 6. The van der Waals surface area contributed by atoms with Gasteiger partial charge in [-0.2, -0.15) is 26.3 Å². The van der Waals surface area contributed by atoms with Crippen LogP contribution in [0.25, 0.3) is 199 Å². The summed E-state index contributed by atoms with van der Waals surface area (Å²) in [6, 6.07) is 120. The number of furan rings is 4. The van der Waals surface area contributed by atoms with Crippen LogP contribution in [0, 0.1) is 29.2 Å². The molecule has 0 saturated heterocycles. The third-order valence-corrected chi connectivity index (χ3v) is 20.8. The van der Waals surface area contributed by atoms with Crippen molar-refractivity contribution in [3.63, 3.8) is 0 Å². The monoisotopic (exact) mass is 3060 g/mol. The number of para-hydroxylation sites is 8. The first-order chi connectivity index (χ1) is 68.2. The van der Waals surface area contributed by atoms with Crippen molar-refractivity contribution in [3.05, 3.63) is 381 Å². The molecule has 0 aliphatic carbocycles. The Morgan fingerprint density at radius 2 is 0.517 bits per heavy atom. The van der Waals surface area contributed by atoms with Crippen molar-refractivity contribution in [2.24, 2.45) is 14.1 Å². The molecule has 0 bridgehead atoms. The van der Waals surface area contributed by atoms with Gasteiger partial charge in [0.05, 0.1) is 44.4 Å². The minimum Gasteiger partial charge on any atom is -1.00 e. The molecule has 45 heteroatoms. The zero-order valence-electron chi connectivity index (χ0n) is 76.3. The largest absolute Gasteiger partial charge is 3.00 e. The smallest absolute Gasteiger partial charge is 1.00 e. The minimum absolute atomic E-state index is 0. The molecule has 0 saturated carbocycles. The number of rotatable bonds is 6. The predicted molar refractivity (Wildman–Crippen MR) is 559 cm³/mol. The van der Waals surface area contributed by atoms with Gasteiger partial charge in [0.15, 0.2) is 11.6 Å². The first kappa shape index (κ1) is 122. The maximum Gasteiger partial charge on any atom is 3.00 e. The van der Waals surface area contributed by atoms with Crippen molar-refractivity contribution >= 4 is 237 Å². The molecule has 12 aromatic carbocycles. The van der Waals surface area contributed by atoms with Crippen LogP contribution in [0.1, 0.15) is 11.6 Å².